The van der Waals surface area contributed by atoms with E-state index < -0.39 is 11.6 Å². The molecule has 6 heteroatoms. The maximum atomic E-state index is 14.1. The van der Waals surface area contributed by atoms with Crippen LogP contribution >= 0.6 is 0 Å². The zero-order chi connectivity index (χ0) is 17.4. The van der Waals surface area contributed by atoms with Crippen molar-refractivity contribution in [2.75, 3.05) is 12.3 Å². The van der Waals surface area contributed by atoms with Gasteiger partial charge in [0.1, 0.15) is 0 Å². The smallest absolute Gasteiger partial charge is 0.226 e. The number of benzene rings is 2. The quantitative estimate of drug-likeness (QED) is 0.767. The number of hydrogen-bond acceptors (Lipinski definition) is 4. The molecule has 1 fully saturated rings. The van der Waals surface area contributed by atoms with Gasteiger partial charge < -0.3 is 10.5 Å². The second-order valence-electron chi connectivity index (χ2n) is 6.33. The summed E-state index contributed by atoms with van der Waals surface area (Å²) in [5.74, 6) is -0.716. The second-order valence-corrected chi connectivity index (χ2v) is 6.33. The van der Waals surface area contributed by atoms with Gasteiger partial charge in [-0.05, 0) is 42.5 Å². The van der Waals surface area contributed by atoms with E-state index in [2.05, 4.69) is 9.97 Å². The minimum Gasteiger partial charge on any atom is -0.477 e. The lowest BCUT2D eigenvalue weighted by Gasteiger charge is -2.25. The molecular weight excluding hydrogens is 324 g/mol. The number of fused-ring (bicyclic) bond motifs is 1. The number of ether oxygens (including phenoxy) is 1. The summed E-state index contributed by atoms with van der Waals surface area (Å²) in [6.45, 7) is 0.574. The van der Waals surface area contributed by atoms with Gasteiger partial charge in [-0.15, -0.1) is 0 Å². The molecule has 4 nitrogen and oxygen atoms in total. The van der Waals surface area contributed by atoms with Crippen LogP contribution in [-0.4, -0.2) is 16.6 Å². The SMILES string of the molecule is Nc1nc(OCC2CCC2)c2cc(-c3cccc(F)c3F)ccc2n1. The number of anilines is 1. The maximum Gasteiger partial charge on any atom is 0.226 e. The molecule has 0 amide bonds. The van der Waals surface area contributed by atoms with Crippen molar-refractivity contribution in [3.63, 3.8) is 0 Å². The largest absolute Gasteiger partial charge is 0.477 e. The normalized spacial score (nSPS) is 14.5. The molecule has 4 rings (SSSR count). The third kappa shape index (κ3) is 2.99. The van der Waals surface area contributed by atoms with Crippen LogP contribution in [0.2, 0.25) is 0 Å². The number of aromatic nitrogens is 2. The molecule has 128 valence electrons. The number of nitrogens with two attached hydrogens (primary N) is 1. The zero-order valence-corrected chi connectivity index (χ0v) is 13.5. The maximum absolute atomic E-state index is 14.1. The molecule has 1 aliphatic rings. The Hall–Kier alpha value is -2.76. The fourth-order valence-corrected chi connectivity index (χ4v) is 2.98. The summed E-state index contributed by atoms with van der Waals surface area (Å²) in [5.41, 5.74) is 7.08. The fraction of sp³-hybridized carbons (Fsp3) is 0.263. The number of nitrogen functional groups attached to an aromatic ring is 1. The monoisotopic (exact) mass is 341 g/mol. The number of rotatable bonds is 4. The summed E-state index contributed by atoms with van der Waals surface area (Å²) in [5, 5.41) is 0.634. The summed E-state index contributed by atoms with van der Waals surface area (Å²) in [7, 11) is 0. The van der Waals surface area contributed by atoms with Crippen molar-refractivity contribution in [2.45, 2.75) is 19.3 Å². The van der Waals surface area contributed by atoms with Gasteiger partial charge in [0.2, 0.25) is 11.8 Å². The average molecular weight is 341 g/mol. The van der Waals surface area contributed by atoms with E-state index in [0.29, 0.717) is 34.9 Å². The van der Waals surface area contributed by atoms with Gasteiger partial charge in [0.05, 0.1) is 17.5 Å². The van der Waals surface area contributed by atoms with Crippen molar-refractivity contribution in [3.05, 3.63) is 48.0 Å². The van der Waals surface area contributed by atoms with Crippen molar-refractivity contribution >= 4 is 16.9 Å². The van der Waals surface area contributed by atoms with Crippen LogP contribution < -0.4 is 10.5 Å². The number of halogens is 2. The van der Waals surface area contributed by atoms with E-state index in [4.69, 9.17) is 10.5 Å². The van der Waals surface area contributed by atoms with Gasteiger partial charge in [0.15, 0.2) is 11.6 Å². The number of hydrogen-bond donors (Lipinski definition) is 1. The molecule has 1 aliphatic carbocycles. The van der Waals surface area contributed by atoms with Crippen molar-refractivity contribution in [3.8, 4) is 17.0 Å². The minimum atomic E-state index is -0.882. The molecule has 0 unspecified atom stereocenters. The van der Waals surface area contributed by atoms with Crippen LogP contribution in [0, 0.1) is 17.6 Å². The standard InChI is InChI=1S/C19H17F2N3O/c20-15-6-2-5-13(17(15)21)12-7-8-16-14(9-12)18(24-19(22)23-16)25-10-11-3-1-4-11/h2,5-9,11H,1,3-4,10H2,(H2,22,23,24). The van der Waals surface area contributed by atoms with Crippen molar-refractivity contribution in [2.24, 2.45) is 5.92 Å². The Labute approximate surface area is 143 Å². The van der Waals surface area contributed by atoms with Gasteiger partial charge in [-0.25, -0.2) is 13.8 Å². The van der Waals surface area contributed by atoms with Gasteiger partial charge in [-0.3, -0.25) is 0 Å². The predicted molar refractivity (Wildman–Crippen MR) is 92.1 cm³/mol. The highest BCUT2D eigenvalue weighted by Crippen LogP contribution is 2.32. The van der Waals surface area contributed by atoms with Crippen LogP contribution in [0.1, 0.15) is 19.3 Å². The summed E-state index contributed by atoms with van der Waals surface area (Å²) >= 11 is 0. The zero-order valence-electron chi connectivity index (χ0n) is 13.5. The topological polar surface area (TPSA) is 61.0 Å². The first-order valence-electron chi connectivity index (χ1n) is 8.26. The second kappa shape index (κ2) is 6.27. The van der Waals surface area contributed by atoms with E-state index in [1.165, 1.54) is 18.6 Å². The highest BCUT2D eigenvalue weighted by molar-refractivity contribution is 5.89. The lowest BCUT2D eigenvalue weighted by molar-refractivity contribution is 0.177. The van der Waals surface area contributed by atoms with Gasteiger partial charge in [-0.1, -0.05) is 24.6 Å². The predicted octanol–water partition coefficient (Wildman–Crippen LogP) is 4.34. The molecule has 25 heavy (non-hydrogen) atoms. The highest BCUT2D eigenvalue weighted by atomic mass is 19.2. The molecule has 0 saturated heterocycles. The van der Waals surface area contributed by atoms with Crippen LogP contribution in [0.5, 0.6) is 5.88 Å². The van der Waals surface area contributed by atoms with Crippen molar-refractivity contribution in [1.29, 1.82) is 0 Å². The van der Waals surface area contributed by atoms with Crippen LogP contribution in [0.25, 0.3) is 22.0 Å². The summed E-state index contributed by atoms with van der Waals surface area (Å²) < 4.78 is 33.5. The molecule has 1 aromatic heterocycles. The Morgan fingerprint density at radius 1 is 1.12 bits per heavy atom. The average Bonchev–Trinajstić information content (AvgIpc) is 2.55. The first-order valence-corrected chi connectivity index (χ1v) is 8.26. The molecule has 1 saturated carbocycles. The Morgan fingerprint density at radius 2 is 1.96 bits per heavy atom. The van der Waals surface area contributed by atoms with Gasteiger partial charge in [0.25, 0.3) is 0 Å². The molecule has 0 atom stereocenters. The van der Waals surface area contributed by atoms with Crippen LogP contribution in [-0.2, 0) is 0 Å². The summed E-state index contributed by atoms with van der Waals surface area (Å²) in [4.78, 5) is 8.37. The van der Waals surface area contributed by atoms with E-state index >= 15 is 0 Å². The Kier molecular flexibility index (Phi) is 3.95. The van der Waals surface area contributed by atoms with Crippen molar-refractivity contribution < 1.29 is 13.5 Å². The van der Waals surface area contributed by atoms with E-state index in [-0.39, 0.29) is 11.5 Å². The van der Waals surface area contributed by atoms with Gasteiger partial charge in [-0.2, -0.15) is 4.98 Å². The first-order chi connectivity index (χ1) is 12.1. The molecule has 0 spiro atoms. The molecular formula is C19H17F2N3O. The van der Waals surface area contributed by atoms with Crippen LogP contribution in [0.4, 0.5) is 14.7 Å². The Balaban J connectivity index is 1.77. The van der Waals surface area contributed by atoms with Crippen LogP contribution in [0.15, 0.2) is 36.4 Å². The fourth-order valence-electron chi connectivity index (χ4n) is 2.98. The number of nitrogens with zero attached hydrogens (tertiary/aromatic N) is 2. The third-order valence-electron chi connectivity index (χ3n) is 4.62. The van der Waals surface area contributed by atoms with Gasteiger partial charge in [0, 0.05) is 5.56 Å². The third-order valence-corrected chi connectivity index (χ3v) is 4.62. The lowest BCUT2D eigenvalue weighted by atomic mass is 9.86. The first kappa shape index (κ1) is 15.7. The van der Waals surface area contributed by atoms with E-state index in [9.17, 15) is 8.78 Å². The Morgan fingerprint density at radius 3 is 2.72 bits per heavy atom. The molecule has 0 bridgehead atoms. The van der Waals surface area contributed by atoms with Crippen LogP contribution in [0.3, 0.4) is 0 Å². The molecule has 2 aromatic carbocycles. The van der Waals surface area contributed by atoms with E-state index in [0.717, 1.165) is 18.9 Å². The lowest BCUT2D eigenvalue weighted by Crippen LogP contribution is -2.19. The molecule has 3 aromatic rings. The van der Waals surface area contributed by atoms with Gasteiger partial charge >= 0.3 is 0 Å². The molecule has 2 N–H and O–H groups in total. The molecule has 0 radical (unpaired) electrons. The van der Waals surface area contributed by atoms with Crippen molar-refractivity contribution in [1.82, 2.24) is 9.97 Å². The summed E-state index contributed by atoms with van der Waals surface area (Å²) in [6, 6.07) is 9.21. The van der Waals surface area contributed by atoms with E-state index in [1.807, 2.05) is 0 Å². The molecule has 0 aliphatic heterocycles. The summed E-state index contributed by atoms with van der Waals surface area (Å²) in [6.07, 6.45) is 3.53. The highest BCUT2D eigenvalue weighted by Gasteiger charge is 2.19. The Bertz CT molecular complexity index is 941. The van der Waals surface area contributed by atoms with E-state index in [1.54, 1.807) is 18.2 Å². The minimum absolute atomic E-state index is 0.126. The molecule has 1 heterocycles.